The van der Waals surface area contributed by atoms with E-state index < -0.39 is 5.53 Å². The third-order valence-electron chi connectivity index (χ3n) is 0.811. The molecule has 0 fully saturated rings. The number of methoxy groups -OCH3 is 2. The molecule has 0 amide bonds. The van der Waals surface area contributed by atoms with Crippen LogP contribution in [-0.2, 0) is 9.47 Å². The van der Waals surface area contributed by atoms with Gasteiger partial charge in [0.15, 0.2) is 5.53 Å². The maximum absolute atomic E-state index is 5.33. The first kappa shape index (κ1) is 7.10. The van der Waals surface area contributed by atoms with Crippen LogP contribution in [0, 0.1) is 0 Å². The standard InChI is InChI=1S/C3H11NO2Si/c1-5-3(4,7)6-2/h4H2,1-2,7H3. The van der Waals surface area contributed by atoms with Crippen molar-refractivity contribution in [3.8, 4) is 0 Å². The highest BCUT2D eigenvalue weighted by Crippen LogP contribution is 1.91. The lowest BCUT2D eigenvalue weighted by atomic mass is 11.1. The normalized spacial score (nSPS) is 12.4. The zero-order valence-corrected chi connectivity index (χ0v) is 6.89. The second-order valence-corrected chi connectivity index (χ2v) is 2.82. The largest absolute Gasteiger partial charge is 0.345 e. The Hall–Kier alpha value is 0.0969. The van der Waals surface area contributed by atoms with E-state index in [1.165, 1.54) is 14.2 Å². The predicted molar refractivity (Wildman–Crippen MR) is 30.9 cm³/mol. The van der Waals surface area contributed by atoms with Crippen LogP contribution < -0.4 is 5.73 Å². The summed E-state index contributed by atoms with van der Waals surface area (Å²) in [6, 6.07) is 0. The molecular weight excluding hydrogens is 110 g/mol. The minimum atomic E-state index is -0.778. The maximum Gasteiger partial charge on any atom is 0.191 e. The highest BCUT2D eigenvalue weighted by Gasteiger charge is 2.12. The predicted octanol–water partition coefficient (Wildman–Crippen LogP) is -1.79. The molecule has 0 aromatic rings. The van der Waals surface area contributed by atoms with E-state index in [-0.39, 0.29) is 0 Å². The second kappa shape index (κ2) is 2.42. The molecular formula is C3H11NO2Si. The summed E-state index contributed by atoms with van der Waals surface area (Å²) in [7, 11) is 3.73. The van der Waals surface area contributed by atoms with Crippen molar-refractivity contribution in [1.82, 2.24) is 0 Å². The smallest absolute Gasteiger partial charge is 0.191 e. The lowest BCUT2D eigenvalue weighted by Crippen LogP contribution is -2.44. The molecule has 0 aliphatic carbocycles. The summed E-state index contributed by atoms with van der Waals surface area (Å²) in [5.41, 5.74) is 4.55. The molecule has 0 aliphatic rings. The first-order valence-corrected chi connectivity index (χ1v) is 3.01. The topological polar surface area (TPSA) is 44.5 Å². The van der Waals surface area contributed by atoms with E-state index in [1.807, 2.05) is 0 Å². The third kappa shape index (κ3) is 2.75. The Morgan fingerprint density at radius 1 is 1.43 bits per heavy atom. The van der Waals surface area contributed by atoms with Gasteiger partial charge in [0.2, 0.25) is 0 Å². The van der Waals surface area contributed by atoms with Crippen molar-refractivity contribution in [2.45, 2.75) is 5.53 Å². The van der Waals surface area contributed by atoms with Crippen molar-refractivity contribution < 1.29 is 9.47 Å². The monoisotopic (exact) mass is 121 g/mol. The molecule has 2 N–H and O–H groups in total. The fourth-order valence-corrected chi connectivity index (χ4v) is 0.0833. The van der Waals surface area contributed by atoms with Crippen molar-refractivity contribution >= 4 is 10.2 Å². The minimum absolute atomic E-state index is 0.683. The van der Waals surface area contributed by atoms with Crippen LogP contribution in [0.3, 0.4) is 0 Å². The van der Waals surface area contributed by atoms with Gasteiger partial charge < -0.3 is 9.47 Å². The number of ether oxygens (including phenoxy) is 2. The molecule has 3 nitrogen and oxygen atoms in total. The van der Waals surface area contributed by atoms with Crippen molar-refractivity contribution in [3.05, 3.63) is 0 Å². The van der Waals surface area contributed by atoms with Gasteiger partial charge in [-0.3, -0.25) is 5.73 Å². The zero-order chi connectivity index (χ0) is 5.91. The molecule has 0 radical (unpaired) electrons. The average molecular weight is 121 g/mol. The Balaban J connectivity index is 3.36. The molecule has 4 heteroatoms. The molecule has 0 atom stereocenters. The van der Waals surface area contributed by atoms with Gasteiger partial charge in [-0.2, -0.15) is 0 Å². The van der Waals surface area contributed by atoms with Crippen LogP contribution in [0.4, 0.5) is 0 Å². The molecule has 0 aromatic carbocycles. The fraction of sp³-hybridized carbons (Fsp3) is 1.00. The highest BCUT2D eigenvalue weighted by atomic mass is 28.1. The van der Waals surface area contributed by atoms with Crippen molar-refractivity contribution in [1.29, 1.82) is 0 Å². The van der Waals surface area contributed by atoms with Gasteiger partial charge in [-0.25, -0.2) is 0 Å². The molecule has 0 heterocycles. The number of nitrogens with two attached hydrogens (primary N) is 1. The van der Waals surface area contributed by atoms with E-state index in [2.05, 4.69) is 0 Å². The summed E-state index contributed by atoms with van der Waals surface area (Å²) in [5.74, 6) is 0. The molecule has 0 aromatic heterocycles. The van der Waals surface area contributed by atoms with Crippen molar-refractivity contribution in [3.63, 3.8) is 0 Å². The van der Waals surface area contributed by atoms with Crippen molar-refractivity contribution in [2.24, 2.45) is 5.73 Å². The average Bonchev–Trinajstić information content (AvgIpc) is 1.68. The van der Waals surface area contributed by atoms with Gasteiger partial charge in [0, 0.05) is 14.2 Å². The SMILES string of the molecule is COC(N)([SiH3])OC. The first-order chi connectivity index (χ1) is 3.12. The van der Waals surface area contributed by atoms with E-state index >= 15 is 0 Å². The van der Waals surface area contributed by atoms with Crippen LogP contribution in [0.25, 0.3) is 0 Å². The first-order valence-electron chi connectivity index (χ1n) is 2.01. The molecule has 0 rings (SSSR count). The van der Waals surface area contributed by atoms with E-state index in [0.717, 1.165) is 0 Å². The van der Waals surface area contributed by atoms with Gasteiger partial charge in [-0.1, -0.05) is 0 Å². The van der Waals surface area contributed by atoms with Crippen LogP contribution in [0.2, 0.25) is 0 Å². The van der Waals surface area contributed by atoms with Gasteiger partial charge in [0.05, 0.1) is 10.2 Å². The number of rotatable bonds is 2. The molecule has 0 unspecified atom stereocenters. The van der Waals surface area contributed by atoms with Crippen molar-refractivity contribution in [2.75, 3.05) is 14.2 Å². The van der Waals surface area contributed by atoms with Crippen LogP contribution in [0.15, 0.2) is 0 Å². The molecule has 0 spiro atoms. The Bertz CT molecular complexity index is 50.9. The van der Waals surface area contributed by atoms with E-state index in [0.29, 0.717) is 10.2 Å². The summed E-state index contributed by atoms with van der Waals surface area (Å²) in [4.78, 5) is 0. The Labute approximate surface area is 46.2 Å². The fourth-order valence-electron chi connectivity index (χ4n) is 0.0833. The van der Waals surface area contributed by atoms with Crippen LogP contribution in [0.5, 0.6) is 0 Å². The Morgan fingerprint density at radius 3 is 1.71 bits per heavy atom. The molecule has 7 heavy (non-hydrogen) atoms. The van der Waals surface area contributed by atoms with Gasteiger partial charge >= 0.3 is 0 Å². The van der Waals surface area contributed by atoms with Crippen LogP contribution in [0.1, 0.15) is 0 Å². The van der Waals surface area contributed by atoms with E-state index in [1.54, 1.807) is 0 Å². The lowest BCUT2D eigenvalue weighted by Gasteiger charge is -2.19. The third-order valence-corrected chi connectivity index (χ3v) is 1.63. The summed E-state index contributed by atoms with van der Waals surface area (Å²) < 4.78 is 9.41. The van der Waals surface area contributed by atoms with Crippen LogP contribution in [-0.4, -0.2) is 30.0 Å². The van der Waals surface area contributed by atoms with Crippen LogP contribution >= 0.6 is 0 Å². The molecule has 0 saturated carbocycles. The Kier molecular flexibility index (Phi) is 2.45. The number of hydrogen-bond acceptors (Lipinski definition) is 3. The van der Waals surface area contributed by atoms with E-state index in [4.69, 9.17) is 15.2 Å². The van der Waals surface area contributed by atoms with Gasteiger partial charge in [-0.05, 0) is 0 Å². The Morgan fingerprint density at radius 2 is 1.71 bits per heavy atom. The second-order valence-electron chi connectivity index (χ2n) is 1.42. The molecule has 44 valence electrons. The maximum atomic E-state index is 5.33. The zero-order valence-electron chi connectivity index (χ0n) is 4.89. The molecule has 0 saturated heterocycles. The summed E-state index contributed by atoms with van der Waals surface area (Å²) in [6.45, 7) is 0. The molecule has 0 bridgehead atoms. The quantitative estimate of drug-likeness (QED) is 0.347. The van der Waals surface area contributed by atoms with Gasteiger partial charge in [0.25, 0.3) is 0 Å². The summed E-state index contributed by atoms with van der Waals surface area (Å²) in [5, 5.41) is 0. The number of hydrogen-bond donors (Lipinski definition) is 1. The summed E-state index contributed by atoms with van der Waals surface area (Å²) in [6.07, 6.45) is 0. The minimum Gasteiger partial charge on any atom is -0.345 e. The van der Waals surface area contributed by atoms with Gasteiger partial charge in [0.1, 0.15) is 0 Å². The highest BCUT2D eigenvalue weighted by molar-refractivity contribution is 6.12. The summed E-state index contributed by atoms with van der Waals surface area (Å²) >= 11 is 0. The van der Waals surface area contributed by atoms with E-state index in [9.17, 15) is 0 Å². The molecule has 0 aliphatic heterocycles. The lowest BCUT2D eigenvalue weighted by molar-refractivity contribution is -0.136. The van der Waals surface area contributed by atoms with Gasteiger partial charge in [-0.15, -0.1) is 0 Å².